The molecule has 5 rings (SSSR count). The molecule has 2 aliphatic rings. The van der Waals surface area contributed by atoms with E-state index < -0.39 is 6.10 Å². The van der Waals surface area contributed by atoms with Crippen LogP contribution in [0.4, 0.5) is 4.39 Å². The molecule has 1 aromatic carbocycles. The lowest BCUT2D eigenvalue weighted by Crippen LogP contribution is -2.40. The molecule has 1 N–H and O–H groups in total. The van der Waals surface area contributed by atoms with Gasteiger partial charge in [0.05, 0.1) is 23.7 Å². The van der Waals surface area contributed by atoms with E-state index in [1.165, 1.54) is 23.3 Å². The molecular weight excluding hydrogens is 365 g/mol. The Balaban J connectivity index is 1.53. The van der Waals surface area contributed by atoms with Gasteiger partial charge in [-0.1, -0.05) is 12.5 Å². The van der Waals surface area contributed by atoms with Crippen molar-refractivity contribution in [2.75, 3.05) is 0 Å². The van der Waals surface area contributed by atoms with Gasteiger partial charge in [0.15, 0.2) is 0 Å². The quantitative estimate of drug-likeness (QED) is 0.694. The lowest BCUT2D eigenvalue weighted by atomic mass is 9.58. The summed E-state index contributed by atoms with van der Waals surface area (Å²) < 4.78 is 15.2. The highest BCUT2D eigenvalue weighted by Gasteiger charge is 2.46. The molecule has 0 aliphatic heterocycles. The molecule has 0 bridgehead atoms. The van der Waals surface area contributed by atoms with Gasteiger partial charge in [-0.15, -0.1) is 0 Å². The third-order valence-corrected chi connectivity index (χ3v) is 6.77. The van der Waals surface area contributed by atoms with Crippen molar-refractivity contribution in [1.82, 2.24) is 14.8 Å². The average Bonchev–Trinajstić information content (AvgIpc) is 3.14. The van der Waals surface area contributed by atoms with Crippen LogP contribution in [0.5, 0.6) is 0 Å². The number of pyridine rings is 1. The van der Waals surface area contributed by atoms with Crippen molar-refractivity contribution < 1.29 is 9.50 Å². The number of hydrogen-bond acceptors (Lipinski definition) is 3. The fourth-order valence-corrected chi connectivity index (χ4v) is 5.17. The van der Waals surface area contributed by atoms with Crippen molar-refractivity contribution in [2.45, 2.75) is 38.7 Å². The maximum Gasteiger partial charge on any atom is 0.123 e. The zero-order valence-corrected chi connectivity index (χ0v) is 16.4. The van der Waals surface area contributed by atoms with E-state index in [1.807, 2.05) is 23.0 Å². The van der Waals surface area contributed by atoms with Crippen molar-refractivity contribution in [3.8, 4) is 5.69 Å². The predicted molar refractivity (Wildman–Crippen MR) is 110 cm³/mol. The van der Waals surface area contributed by atoms with Gasteiger partial charge in [-0.25, -0.2) is 9.07 Å². The normalized spacial score (nSPS) is 24.4. The second-order valence-corrected chi connectivity index (χ2v) is 8.43. The molecule has 1 fully saturated rings. The van der Waals surface area contributed by atoms with Crippen molar-refractivity contribution in [2.24, 2.45) is 11.3 Å². The van der Waals surface area contributed by atoms with E-state index in [9.17, 15) is 9.50 Å². The zero-order chi connectivity index (χ0) is 20.0. The Kier molecular flexibility index (Phi) is 4.36. The van der Waals surface area contributed by atoms with E-state index in [1.54, 1.807) is 24.5 Å². The molecule has 2 aliphatic carbocycles. The molecule has 4 nitrogen and oxygen atoms in total. The van der Waals surface area contributed by atoms with E-state index in [-0.39, 0.29) is 17.2 Å². The van der Waals surface area contributed by atoms with Gasteiger partial charge in [0.25, 0.3) is 0 Å². The lowest BCUT2D eigenvalue weighted by Gasteiger charge is -2.47. The van der Waals surface area contributed by atoms with Crippen LogP contribution in [-0.2, 0) is 6.42 Å². The standard InChI is InChI=1S/C24H24FN3O/c1-24-14-17-15-27-28(20-7-5-19(25)6-8-20)22(17)13-18(24)3-2-4-21(24)23(29)16-9-11-26-12-10-16/h5-13,15,21,23,29H,2-4,14H2,1H3/t21-,23+,24+/m1/s1. The summed E-state index contributed by atoms with van der Waals surface area (Å²) >= 11 is 0. The van der Waals surface area contributed by atoms with Gasteiger partial charge in [0, 0.05) is 12.4 Å². The molecule has 3 aromatic rings. The van der Waals surface area contributed by atoms with Crippen LogP contribution in [0.2, 0.25) is 0 Å². The van der Waals surface area contributed by atoms with Gasteiger partial charge in [0.2, 0.25) is 0 Å². The summed E-state index contributed by atoms with van der Waals surface area (Å²) in [6.07, 6.45) is 11.1. The number of rotatable bonds is 3. The van der Waals surface area contributed by atoms with Crippen LogP contribution in [-0.4, -0.2) is 19.9 Å². The fraction of sp³-hybridized carbons (Fsp3) is 0.333. The number of aromatic nitrogens is 3. The molecule has 29 heavy (non-hydrogen) atoms. The van der Waals surface area contributed by atoms with Crippen LogP contribution in [0.15, 0.2) is 60.6 Å². The summed E-state index contributed by atoms with van der Waals surface area (Å²) in [5.41, 5.74) is 5.30. The first kappa shape index (κ1) is 18.3. The van der Waals surface area contributed by atoms with E-state index in [2.05, 4.69) is 23.1 Å². The first-order valence-electron chi connectivity index (χ1n) is 10.2. The molecule has 2 aromatic heterocycles. The van der Waals surface area contributed by atoms with E-state index in [0.29, 0.717) is 0 Å². The van der Waals surface area contributed by atoms with Crippen LogP contribution in [0.25, 0.3) is 11.8 Å². The number of benzene rings is 1. The summed E-state index contributed by atoms with van der Waals surface area (Å²) in [7, 11) is 0. The molecule has 148 valence electrons. The summed E-state index contributed by atoms with van der Waals surface area (Å²) in [4.78, 5) is 4.08. The van der Waals surface area contributed by atoms with Gasteiger partial charge < -0.3 is 5.11 Å². The molecule has 0 unspecified atom stereocenters. The minimum absolute atomic E-state index is 0.107. The van der Waals surface area contributed by atoms with E-state index in [0.717, 1.165) is 42.6 Å². The smallest absolute Gasteiger partial charge is 0.123 e. The van der Waals surface area contributed by atoms with Crippen molar-refractivity contribution in [3.63, 3.8) is 0 Å². The van der Waals surface area contributed by atoms with Crippen molar-refractivity contribution in [1.29, 1.82) is 0 Å². The zero-order valence-electron chi connectivity index (χ0n) is 16.4. The Hall–Kier alpha value is -2.79. The monoisotopic (exact) mass is 389 g/mol. The largest absolute Gasteiger partial charge is 0.388 e. The van der Waals surface area contributed by atoms with Crippen LogP contribution >= 0.6 is 0 Å². The molecule has 3 atom stereocenters. The SMILES string of the molecule is C[C@]12Cc3cnn(-c4ccc(F)cc4)c3C=C1CCC[C@@H]2[C@@H](O)c1ccncc1. The van der Waals surface area contributed by atoms with Gasteiger partial charge in [-0.3, -0.25) is 4.98 Å². The minimum Gasteiger partial charge on any atom is -0.388 e. The molecule has 0 amide bonds. The Morgan fingerprint density at radius 3 is 2.69 bits per heavy atom. The topological polar surface area (TPSA) is 50.9 Å². The van der Waals surface area contributed by atoms with Gasteiger partial charge >= 0.3 is 0 Å². The van der Waals surface area contributed by atoms with E-state index >= 15 is 0 Å². The summed E-state index contributed by atoms with van der Waals surface area (Å²) in [5, 5.41) is 15.8. The maximum atomic E-state index is 13.3. The van der Waals surface area contributed by atoms with Crippen LogP contribution in [0, 0.1) is 17.2 Å². The molecule has 0 saturated heterocycles. The molecular formula is C24H24FN3O. The predicted octanol–water partition coefficient (Wildman–Crippen LogP) is 4.89. The van der Waals surface area contributed by atoms with Gasteiger partial charge in [-0.05, 0) is 90.6 Å². The third-order valence-electron chi connectivity index (χ3n) is 6.77. The van der Waals surface area contributed by atoms with Gasteiger partial charge in [-0.2, -0.15) is 5.10 Å². The highest BCUT2D eigenvalue weighted by Crippen LogP contribution is 2.54. The Morgan fingerprint density at radius 1 is 1.17 bits per heavy atom. The molecule has 0 radical (unpaired) electrons. The summed E-state index contributed by atoms with van der Waals surface area (Å²) in [6.45, 7) is 2.28. The number of aliphatic hydroxyl groups excluding tert-OH is 1. The Morgan fingerprint density at radius 2 is 1.93 bits per heavy atom. The number of nitrogens with zero attached hydrogens (tertiary/aromatic N) is 3. The minimum atomic E-state index is -0.514. The maximum absolute atomic E-state index is 13.3. The van der Waals surface area contributed by atoms with Crippen molar-refractivity contribution in [3.05, 3.63) is 83.2 Å². The average molecular weight is 389 g/mol. The number of aliphatic hydroxyl groups is 1. The van der Waals surface area contributed by atoms with Gasteiger partial charge in [0.1, 0.15) is 5.82 Å². The first-order chi connectivity index (χ1) is 14.1. The lowest BCUT2D eigenvalue weighted by molar-refractivity contribution is 0.0216. The third kappa shape index (κ3) is 3.01. The molecule has 2 heterocycles. The molecule has 5 heteroatoms. The Bertz CT molecular complexity index is 1060. The summed E-state index contributed by atoms with van der Waals surface area (Å²) in [5.74, 6) is -0.104. The second-order valence-electron chi connectivity index (χ2n) is 8.43. The molecule has 1 saturated carbocycles. The van der Waals surface area contributed by atoms with Crippen LogP contribution in [0.1, 0.15) is 49.1 Å². The van der Waals surface area contributed by atoms with E-state index in [4.69, 9.17) is 0 Å². The number of hydrogen-bond donors (Lipinski definition) is 1. The van der Waals surface area contributed by atoms with Crippen LogP contribution < -0.4 is 0 Å². The Labute approximate surface area is 169 Å². The summed E-state index contributed by atoms with van der Waals surface area (Å²) in [6, 6.07) is 10.3. The van der Waals surface area contributed by atoms with Crippen LogP contribution in [0.3, 0.4) is 0 Å². The fourth-order valence-electron chi connectivity index (χ4n) is 5.17. The number of fused-ring (bicyclic) bond motifs is 2. The molecule has 0 spiro atoms. The number of allylic oxidation sites excluding steroid dienone is 1. The highest BCUT2D eigenvalue weighted by atomic mass is 19.1. The first-order valence-corrected chi connectivity index (χ1v) is 10.2. The number of halogens is 1. The highest BCUT2D eigenvalue weighted by molar-refractivity contribution is 5.61. The second kappa shape index (κ2) is 6.92. The van der Waals surface area contributed by atoms with Crippen molar-refractivity contribution >= 4 is 6.08 Å².